The summed E-state index contributed by atoms with van der Waals surface area (Å²) in [5.74, 6) is -0.199. The van der Waals surface area contributed by atoms with Crippen LogP contribution >= 0.6 is 0 Å². The summed E-state index contributed by atoms with van der Waals surface area (Å²) in [6.07, 6.45) is 2.40. The molecule has 0 radical (unpaired) electrons. The molecule has 3 heterocycles. The number of hydrogen-bond acceptors (Lipinski definition) is 6. The van der Waals surface area contributed by atoms with Gasteiger partial charge in [0.05, 0.1) is 30.3 Å². The maximum Gasteiger partial charge on any atom is 0.255 e. The second kappa shape index (κ2) is 10.4. The van der Waals surface area contributed by atoms with E-state index in [4.69, 9.17) is 9.47 Å². The van der Waals surface area contributed by atoms with Crippen molar-refractivity contribution in [3.63, 3.8) is 0 Å². The van der Waals surface area contributed by atoms with Gasteiger partial charge in [-0.15, -0.1) is 0 Å². The molecule has 11 heteroatoms. The number of nitrogens with one attached hydrogen (secondary N) is 2. The minimum Gasteiger partial charge on any atom is -0.493 e. The van der Waals surface area contributed by atoms with Crippen LogP contribution in [0, 0.1) is 18.7 Å². The number of fused-ring (bicyclic) bond motifs is 1. The largest absolute Gasteiger partial charge is 0.493 e. The van der Waals surface area contributed by atoms with Gasteiger partial charge in [-0.1, -0.05) is 0 Å². The lowest BCUT2D eigenvalue weighted by atomic mass is 10.0. The number of halogens is 2. The van der Waals surface area contributed by atoms with E-state index in [2.05, 4.69) is 20.3 Å². The van der Waals surface area contributed by atoms with E-state index in [0.29, 0.717) is 52.8 Å². The van der Waals surface area contributed by atoms with Gasteiger partial charge in [0.15, 0.2) is 0 Å². The topological polar surface area (TPSA) is 109 Å². The molecule has 2 aromatic heterocycles. The van der Waals surface area contributed by atoms with Crippen LogP contribution in [0.4, 0.5) is 8.78 Å². The van der Waals surface area contributed by atoms with Gasteiger partial charge < -0.3 is 24.7 Å². The number of hydrogen-bond donors (Lipinski definition) is 2. The lowest BCUT2D eigenvalue weighted by Gasteiger charge is -2.35. The Balaban J connectivity index is 1.40. The molecule has 0 spiro atoms. The first kappa shape index (κ1) is 25.1. The number of aromatic nitrogens is 3. The van der Waals surface area contributed by atoms with Gasteiger partial charge in [-0.25, -0.2) is 18.7 Å². The predicted octanol–water partition coefficient (Wildman–Crippen LogP) is 3.18. The number of carbonyl (C=O) groups is 2. The summed E-state index contributed by atoms with van der Waals surface area (Å²) in [4.78, 5) is 38.5. The molecule has 3 aromatic rings. The Kier molecular flexibility index (Phi) is 7.05. The zero-order valence-corrected chi connectivity index (χ0v) is 20.7. The fourth-order valence-corrected chi connectivity index (χ4v) is 4.66. The van der Waals surface area contributed by atoms with E-state index in [1.54, 1.807) is 13.0 Å². The molecule has 196 valence electrons. The molecule has 5 rings (SSSR count). The molecule has 1 saturated heterocycles. The molecule has 1 aliphatic carbocycles. The van der Waals surface area contributed by atoms with Crippen molar-refractivity contribution in [2.24, 2.45) is 5.92 Å². The van der Waals surface area contributed by atoms with Crippen LogP contribution in [0.3, 0.4) is 0 Å². The van der Waals surface area contributed by atoms with Crippen LogP contribution < -0.4 is 10.1 Å². The van der Waals surface area contributed by atoms with Gasteiger partial charge in [0, 0.05) is 24.9 Å². The van der Waals surface area contributed by atoms with Crippen LogP contribution in [0.1, 0.15) is 35.3 Å². The van der Waals surface area contributed by atoms with Gasteiger partial charge in [-0.05, 0) is 50.3 Å². The monoisotopic (exact) mass is 513 g/mol. The fourth-order valence-electron chi connectivity index (χ4n) is 4.66. The zero-order chi connectivity index (χ0) is 26.1. The van der Waals surface area contributed by atoms with Gasteiger partial charge in [0.25, 0.3) is 5.91 Å². The Bertz CT molecular complexity index is 1330. The van der Waals surface area contributed by atoms with E-state index in [0.717, 1.165) is 12.8 Å². The minimum atomic E-state index is -1.42. The smallest absolute Gasteiger partial charge is 0.255 e. The number of aryl methyl sites for hydroxylation is 1. The highest BCUT2D eigenvalue weighted by Gasteiger charge is 2.33. The number of rotatable bonds is 8. The predicted molar refractivity (Wildman–Crippen MR) is 131 cm³/mol. The van der Waals surface area contributed by atoms with E-state index in [1.165, 1.54) is 30.5 Å². The second-order valence-electron chi connectivity index (χ2n) is 9.62. The molecule has 1 aliphatic heterocycles. The summed E-state index contributed by atoms with van der Waals surface area (Å²) in [5, 5.41) is 2.77. The number of benzene rings is 1. The molecule has 2 amide bonds. The van der Waals surface area contributed by atoms with Crippen LogP contribution in [-0.2, 0) is 9.53 Å². The first-order valence-electron chi connectivity index (χ1n) is 12.3. The number of carbonyl (C=O) groups excluding carboxylic acids is 2. The molecule has 2 atom stereocenters. The molecule has 0 bridgehead atoms. The number of piperidine rings is 1. The third-order valence-corrected chi connectivity index (χ3v) is 6.85. The van der Waals surface area contributed by atoms with Crippen LogP contribution in [0.5, 0.6) is 5.75 Å². The number of methoxy groups -OCH3 is 1. The van der Waals surface area contributed by atoms with Crippen molar-refractivity contribution < 1.29 is 27.8 Å². The molecule has 37 heavy (non-hydrogen) atoms. The van der Waals surface area contributed by atoms with Crippen molar-refractivity contribution in [3.8, 4) is 17.0 Å². The number of alkyl halides is 1. The Morgan fingerprint density at radius 1 is 1.24 bits per heavy atom. The van der Waals surface area contributed by atoms with Crippen LogP contribution in [-0.4, -0.2) is 77.3 Å². The molecule has 2 aliphatic rings. The summed E-state index contributed by atoms with van der Waals surface area (Å²) in [6.45, 7) is 2.35. The van der Waals surface area contributed by atoms with Crippen molar-refractivity contribution in [2.75, 3.05) is 33.4 Å². The first-order chi connectivity index (χ1) is 17.9. The van der Waals surface area contributed by atoms with Crippen molar-refractivity contribution in [1.29, 1.82) is 0 Å². The van der Waals surface area contributed by atoms with E-state index in [1.807, 2.05) is 0 Å². The summed E-state index contributed by atoms with van der Waals surface area (Å²) < 4.78 is 39.9. The summed E-state index contributed by atoms with van der Waals surface area (Å²) in [6, 6.07) is 3.52. The average Bonchev–Trinajstić information content (AvgIpc) is 3.64. The summed E-state index contributed by atoms with van der Waals surface area (Å²) in [7, 11) is 1.41. The Morgan fingerprint density at radius 3 is 2.78 bits per heavy atom. The summed E-state index contributed by atoms with van der Waals surface area (Å²) >= 11 is 0. The van der Waals surface area contributed by atoms with Gasteiger partial charge in [0.2, 0.25) is 5.91 Å². The molecule has 9 nitrogen and oxygen atoms in total. The van der Waals surface area contributed by atoms with Crippen molar-refractivity contribution in [1.82, 2.24) is 25.2 Å². The van der Waals surface area contributed by atoms with Crippen molar-refractivity contribution >= 4 is 22.8 Å². The number of aromatic amines is 1. The Morgan fingerprint density at radius 2 is 2.05 bits per heavy atom. The number of likely N-dealkylation sites (tertiary alicyclic amines) is 1. The number of nitrogens with zero attached hydrogens (tertiary/aromatic N) is 3. The van der Waals surface area contributed by atoms with Crippen LogP contribution in [0.15, 0.2) is 24.5 Å². The normalized spacial score (nSPS) is 19.7. The van der Waals surface area contributed by atoms with Gasteiger partial charge in [-0.2, -0.15) is 0 Å². The fraction of sp³-hybridized carbons (Fsp3) is 0.462. The van der Waals surface area contributed by atoms with E-state index in [-0.39, 0.29) is 31.0 Å². The zero-order valence-electron chi connectivity index (χ0n) is 20.7. The van der Waals surface area contributed by atoms with Gasteiger partial charge in [-0.3, -0.25) is 9.59 Å². The molecular formula is C26H29F2N5O4. The number of H-pyrrole nitrogens is 1. The lowest BCUT2D eigenvalue weighted by molar-refractivity contribution is -0.137. The quantitative estimate of drug-likeness (QED) is 0.479. The highest BCUT2D eigenvalue weighted by molar-refractivity contribution is 6.09. The maximum absolute atomic E-state index is 14.9. The molecule has 2 fully saturated rings. The maximum atomic E-state index is 14.9. The minimum absolute atomic E-state index is 0.112. The third-order valence-electron chi connectivity index (χ3n) is 6.85. The molecular weight excluding hydrogens is 484 g/mol. The molecule has 0 unspecified atom stereocenters. The standard InChI is InChI=1S/C26H29F2N5O4/c1-14-22(26(35)32-19-7-8-33(10-18(19)28)21(34)12-36-2)24-25(31-14)23(29-13-30-24)17-9-16(27)5-6-20(17)37-11-15-3-4-15/h5-6,9,13,15,18-19,31H,3-4,7-8,10-12H2,1-2H3,(H,32,35)/t18-,19+/m0/s1. The van der Waals surface area contributed by atoms with Crippen molar-refractivity contribution in [2.45, 2.75) is 38.4 Å². The Labute approximate surface area is 212 Å². The molecule has 1 saturated carbocycles. The molecule has 1 aromatic carbocycles. The second-order valence-corrected chi connectivity index (χ2v) is 9.62. The van der Waals surface area contributed by atoms with E-state index < -0.39 is 23.9 Å². The highest BCUT2D eigenvalue weighted by Crippen LogP contribution is 2.36. The number of amides is 2. The third kappa shape index (κ3) is 5.27. The van der Waals surface area contributed by atoms with E-state index in [9.17, 15) is 18.4 Å². The SMILES string of the molecule is COCC(=O)N1CC[C@@H](NC(=O)c2c(C)[nH]c3c(-c4cc(F)ccc4OCC4CC4)ncnc23)[C@@H](F)C1. The summed E-state index contributed by atoms with van der Waals surface area (Å²) in [5.41, 5.74) is 2.46. The average molecular weight is 514 g/mol. The highest BCUT2D eigenvalue weighted by atomic mass is 19.1. The Hall–Kier alpha value is -3.60. The van der Waals surface area contributed by atoms with Gasteiger partial charge >= 0.3 is 0 Å². The van der Waals surface area contributed by atoms with Crippen molar-refractivity contribution in [3.05, 3.63) is 41.6 Å². The first-order valence-corrected chi connectivity index (χ1v) is 12.3. The van der Waals surface area contributed by atoms with Crippen LogP contribution in [0.2, 0.25) is 0 Å². The molecule has 2 N–H and O–H groups in total. The number of ether oxygens (including phenoxy) is 2. The van der Waals surface area contributed by atoms with Gasteiger partial charge in [0.1, 0.15) is 41.9 Å². The lowest BCUT2D eigenvalue weighted by Crippen LogP contribution is -2.54. The van der Waals surface area contributed by atoms with E-state index >= 15 is 0 Å². The van der Waals surface area contributed by atoms with Crippen LogP contribution in [0.25, 0.3) is 22.3 Å².